The van der Waals surface area contributed by atoms with Crippen molar-refractivity contribution in [3.63, 3.8) is 0 Å². The lowest BCUT2D eigenvalue weighted by Crippen LogP contribution is -2.14. The maximum atomic E-state index is 12.0. The van der Waals surface area contributed by atoms with Crippen LogP contribution in [0.3, 0.4) is 0 Å². The van der Waals surface area contributed by atoms with Crippen LogP contribution >= 0.6 is 0 Å². The van der Waals surface area contributed by atoms with Crippen molar-refractivity contribution in [1.82, 2.24) is 9.78 Å². The van der Waals surface area contributed by atoms with Crippen molar-refractivity contribution in [3.8, 4) is 0 Å². The Bertz CT molecular complexity index is 737. The molecule has 0 bridgehead atoms. The molecule has 1 amide bonds. The van der Waals surface area contributed by atoms with Crippen molar-refractivity contribution in [3.05, 3.63) is 42.1 Å². The molecule has 1 aromatic heterocycles. The van der Waals surface area contributed by atoms with Crippen molar-refractivity contribution in [1.29, 1.82) is 0 Å². The highest BCUT2D eigenvalue weighted by molar-refractivity contribution is 7.92. The summed E-state index contributed by atoms with van der Waals surface area (Å²) >= 11 is 0. The molecular formula is C12H14N4O3S. The summed E-state index contributed by atoms with van der Waals surface area (Å²) in [6.07, 6.45) is 2.75. The lowest BCUT2D eigenvalue weighted by atomic mass is 10.2. The van der Waals surface area contributed by atoms with Gasteiger partial charge in [-0.05, 0) is 18.2 Å². The number of benzene rings is 1. The molecule has 0 aliphatic heterocycles. The Morgan fingerprint density at radius 3 is 2.65 bits per heavy atom. The highest BCUT2D eigenvalue weighted by Gasteiger charge is 2.09. The molecular weight excluding hydrogens is 280 g/mol. The average Bonchev–Trinajstić information content (AvgIpc) is 2.73. The number of aromatic nitrogens is 2. The van der Waals surface area contributed by atoms with E-state index in [0.717, 1.165) is 6.26 Å². The summed E-state index contributed by atoms with van der Waals surface area (Å²) in [5, 5.41) is 6.65. The van der Waals surface area contributed by atoms with Gasteiger partial charge in [0.2, 0.25) is 10.0 Å². The molecule has 0 saturated carbocycles. The molecule has 0 fully saturated rings. The summed E-state index contributed by atoms with van der Waals surface area (Å²) in [4.78, 5) is 12.0. The quantitative estimate of drug-likeness (QED) is 0.881. The summed E-state index contributed by atoms with van der Waals surface area (Å²) in [5.74, 6) is 0.0693. The van der Waals surface area contributed by atoms with Crippen LogP contribution in [0.5, 0.6) is 0 Å². The number of nitrogens with zero attached hydrogens (tertiary/aromatic N) is 2. The Kier molecular flexibility index (Phi) is 3.75. The summed E-state index contributed by atoms with van der Waals surface area (Å²) < 4.78 is 26.2. The van der Waals surface area contributed by atoms with Crippen LogP contribution in [0.4, 0.5) is 11.5 Å². The number of anilines is 2. The van der Waals surface area contributed by atoms with Crippen molar-refractivity contribution in [2.45, 2.75) is 0 Å². The van der Waals surface area contributed by atoms with Crippen molar-refractivity contribution in [2.75, 3.05) is 16.3 Å². The monoisotopic (exact) mass is 294 g/mol. The molecule has 0 atom stereocenters. The Morgan fingerprint density at radius 1 is 1.30 bits per heavy atom. The zero-order valence-electron chi connectivity index (χ0n) is 11.0. The second-order valence-electron chi connectivity index (χ2n) is 4.28. The van der Waals surface area contributed by atoms with E-state index in [0.29, 0.717) is 17.1 Å². The molecule has 2 rings (SSSR count). The third-order valence-corrected chi connectivity index (χ3v) is 2.99. The van der Waals surface area contributed by atoms with E-state index < -0.39 is 10.0 Å². The lowest BCUT2D eigenvalue weighted by Gasteiger charge is -2.06. The zero-order valence-corrected chi connectivity index (χ0v) is 11.8. The van der Waals surface area contributed by atoms with E-state index >= 15 is 0 Å². The normalized spacial score (nSPS) is 11.1. The number of rotatable bonds is 4. The molecule has 0 aliphatic rings. The van der Waals surface area contributed by atoms with Crippen molar-refractivity contribution in [2.24, 2.45) is 7.05 Å². The van der Waals surface area contributed by atoms with Crippen LogP contribution in [-0.2, 0) is 17.1 Å². The molecule has 0 unspecified atom stereocenters. The van der Waals surface area contributed by atoms with Crippen LogP contribution in [0.2, 0.25) is 0 Å². The van der Waals surface area contributed by atoms with Crippen LogP contribution in [0.1, 0.15) is 10.4 Å². The molecule has 0 radical (unpaired) electrons. The van der Waals surface area contributed by atoms with E-state index in [-0.39, 0.29) is 5.91 Å². The van der Waals surface area contributed by atoms with E-state index in [1.165, 1.54) is 6.07 Å². The predicted molar refractivity (Wildman–Crippen MR) is 76.1 cm³/mol. The topological polar surface area (TPSA) is 93.1 Å². The number of hydrogen-bond donors (Lipinski definition) is 2. The van der Waals surface area contributed by atoms with Crippen molar-refractivity contribution < 1.29 is 13.2 Å². The van der Waals surface area contributed by atoms with Crippen LogP contribution in [0.25, 0.3) is 0 Å². The molecule has 0 aliphatic carbocycles. The summed E-state index contributed by atoms with van der Waals surface area (Å²) in [5.41, 5.74) is 0.672. The van der Waals surface area contributed by atoms with E-state index in [1.807, 2.05) is 0 Å². The fourth-order valence-electron chi connectivity index (χ4n) is 1.61. The second kappa shape index (κ2) is 5.33. The third-order valence-electron chi connectivity index (χ3n) is 2.38. The van der Waals surface area contributed by atoms with E-state index in [9.17, 15) is 13.2 Å². The van der Waals surface area contributed by atoms with Gasteiger partial charge in [0.25, 0.3) is 5.91 Å². The molecule has 1 heterocycles. The number of carbonyl (C=O) groups is 1. The Morgan fingerprint density at radius 2 is 2.05 bits per heavy atom. The first-order valence-corrected chi connectivity index (χ1v) is 7.61. The summed E-state index contributed by atoms with van der Waals surface area (Å²) in [7, 11) is -1.63. The molecule has 8 heteroatoms. The van der Waals surface area contributed by atoms with Gasteiger partial charge in [-0.15, -0.1) is 0 Å². The van der Waals surface area contributed by atoms with Crippen LogP contribution in [0.15, 0.2) is 36.5 Å². The van der Waals surface area contributed by atoms with Crippen LogP contribution in [-0.4, -0.2) is 30.4 Å². The SMILES string of the molecule is Cn1ccc(NC(=O)c2cccc(NS(C)(=O)=O)c2)n1. The van der Waals surface area contributed by atoms with E-state index in [4.69, 9.17) is 0 Å². The van der Waals surface area contributed by atoms with Gasteiger partial charge >= 0.3 is 0 Å². The Hall–Kier alpha value is -2.35. The van der Waals surface area contributed by atoms with Gasteiger partial charge in [-0.2, -0.15) is 5.10 Å². The number of amides is 1. The van der Waals surface area contributed by atoms with E-state index in [2.05, 4.69) is 15.1 Å². The zero-order chi connectivity index (χ0) is 14.8. The molecule has 7 nitrogen and oxygen atoms in total. The minimum atomic E-state index is -3.37. The largest absolute Gasteiger partial charge is 0.305 e. The van der Waals surface area contributed by atoms with Crippen LogP contribution < -0.4 is 10.0 Å². The average molecular weight is 294 g/mol. The first kappa shape index (κ1) is 14.1. The first-order chi connectivity index (χ1) is 9.33. The van der Waals surface area contributed by atoms with Gasteiger partial charge in [0.05, 0.1) is 6.26 Å². The maximum absolute atomic E-state index is 12.0. The summed E-state index contributed by atoms with van der Waals surface area (Å²) in [6, 6.07) is 7.88. The minimum absolute atomic E-state index is 0.334. The second-order valence-corrected chi connectivity index (χ2v) is 6.03. The molecule has 1 aromatic carbocycles. The number of hydrogen-bond acceptors (Lipinski definition) is 4. The maximum Gasteiger partial charge on any atom is 0.256 e. The fourth-order valence-corrected chi connectivity index (χ4v) is 2.16. The van der Waals surface area contributed by atoms with Gasteiger partial charge in [-0.25, -0.2) is 8.42 Å². The summed E-state index contributed by atoms with van der Waals surface area (Å²) in [6.45, 7) is 0. The molecule has 0 saturated heterocycles. The van der Waals surface area contributed by atoms with E-state index in [1.54, 1.807) is 42.2 Å². The number of sulfonamides is 1. The Balaban J connectivity index is 2.16. The molecule has 106 valence electrons. The number of nitrogens with one attached hydrogen (secondary N) is 2. The third kappa shape index (κ3) is 3.82. The van der Waals surface area contributed by atoms with Crippen LogP contribution in [0, 0.1) is 0 Å². The molecule has 20 heavy (non-hydrogen) atoms. The standard InChI is InChI=1S/C12H14N4O3S/c1-16-7-6-11(14-16)13-12(17)9-4-3-5-10(8-9)15-20(2,18)19/h3-8,15H,1-2H3,(H,13,14,17). The number of carbonyl (C=O) groups excluding carboxylic acids is 1. The molecule has 2 aromatic rings. The number of aryl methyl sites for hydroxylation is 1. The van der Waals surface area contributed by atoms with Gasteiger partial charge in [-0.3, -0.25) is 14.2 Å². The molecule has 0 spiro atoms. The highest BCUT2D eigenvalue weighted by atomic mass is 32.2. The lowest BCUT2D eigenvalue weighted by molar-refractivity contribution is 0.102. The van der Waals surface area contributed by atoms with Crippen molar-refractivity contribution >= 4 is 27.4 Å². The Labute approximate surface area is 116 Å². The molecule has 2 N–H and O–H groups in total. The highest BCUT2D eigenvalue weighted by Crippen LogP contribution is 2.13. The van der Waals surface area contributed by atoms with Gasteiger partial charge in [0.1, 0.15) is 0 Å². The van der Waals surface area contributed by atoms with Gasteiger partial charge in [-0.1, -0.05) is 6.07 Å². The predicted octanol–water partition coefficient (Wildman–Crippen LogP) is 1.04. The first-order valence-electron chi connectivity index (χ1n) is 5.72. The fraction of sp³-hybridized carbons (Fsp3) is 0.167. The van der Waals surface area contributed by atoms with Gasteiger partial charge in [0.15, 0.2) is 5.82 Å². The smallest absolute Gasteiger partial charge is 0.256 e. The van der Waals surface area contributed by atoms with Gasteiger partial charge < -0.3 is 5.32 Å². The van der Waals surface area contributed by atoms with Gasteiger partial charge in [0, 0.05) is 30.6 Å². The minimum Gasteiger partial charge on any atom is -0.305 e.